The summed E-state index contributed by atoms with van der Waals surface area (Å²) < 4.78 is 0. The van der Waals surface area contributed by atoms with Crippen LogP contribution < -0.4 is 15.5 Å². The van der Waals surface area contributed by atoms with E-state index in [1.54, 1.807) is 0 Å². The molecule has 0 saturated heterocycles. The number of aromatic nitrogens is 3. The first-order valence-electron chi connectivity index (χ1n) is 7.83. The van der Waals surface area contributed by atoms with E-state index in [4.69, 9.17) is 5.73 Å². The molecule has 3 N–H and O–H groups in total. The Bertz CT molecular complexity index is 445. The zero-order valence-electron chi connectivity index (χ0n) is 13.0. The second kappa shape index (κ2) is 7.40. The maximum atomic E-state index is 9.34. The van der Waals surface area contributed by atoms with Crippen molar-refractivity contribution >= 4 is 17.8 Å². The van der Waals surface area contributed by atoms with Gasteiger partial charge in [0.15, 0.2) is 0 Å². The van der Waals surface area contributed by atoms with Gasteiger partial charge in [-0.2, -0.15) is 15.0 Å². The van der Waals surface area contributed by atoms with Gasteiger partial charge in [-0.1, -0.05) is 12.8 Å². The smallest absolute Gasteiger partial charge is 0.232 e. The van der Waals surface area contributed by atoms with Crippen LogP contribution in [-0.2, 0) is 0 Å². The fourth-order valence-corrected chi connectivity index (χ4v) is 2.92. The Hall–Kier alpha value is -1.63. The van der Waals surface area contributed by atoms with Crippen molar-refractivity contribution in [3.8, 4) is 0 Å². The van der Waals surface area contributed by atoms with Crippen LogP contribution >= 0.6 is 0 Å². The molecule has 1 heterocycles. The van der Waals surface area contributed by atoms with E-state index < -0.39 is 0 Å². The molecule has 1 aromatic heterocycles. The Labute approximate surface area is 126 Å². The predicted octanol–water partition coefficient (Wildman–Crippen LogP) is 1.04. The SMILES string of the molecule is CCN(CC)c1nc(N)nc(N(CCO)C2CCCC2)n1. The van der Waals surface area contributed by atoms with Gasteiger partial charge in [-0.3, -0.25) is 0 Å². The number of nitrogens with two attached hydrogens (primary N) is 1. The molecule has 7 nitrogen and oxygen atoms in total. The van der Waals surface area contributed by atoms with Gasteiger partial charge in [0, 0.05) is 25.7 Å². The molecular formula is C14H26N6O. The molecule has 1 saturated carbocycles. The number of hydrogen-bond acceptors (Lipinski definition) is 7. The molecule has 0 aliphatic heterocycles. The minimum absolute atomic E-state index is 0.0860. The Kier molecular flexibility index (Phi) is 5.55. The van der Waals surface area contributed by atoms with E-state index >= 15 is 0 Å². The van der Waals surface area contributed by atoms with Crippen molar-refractivity contribution in [1.82, 2.24) is 15.0 Å². The second-order valence-electron chi connectivity index (χ2n) is 5.32. The molecule has 0 bridgehead atoms. The van der Waals surface area contributed by atoms with Crippen LogP contribution in [0, 0.1) is 0 Å². The van der Waals surface area contributed by atoms with Crippen molar-refractivity contribution in [1.29, 1.82) is 0 Å². The highest BCUT2D eigenvalue weighted by molar-refractivity contribution is 5.44. The number of anilines is 3. The van der Waals surface area contributed by atoms with E-state index in [9.17, 15) is 5.11 Å². The van der Waals surface area contributed by atoms with Crippen LogP contribution in [0.1, 0.15) is 39.5 Å². The van der Waals surface area contributed by atoms with Crippen LogP contribution in [-0.4, -0.2) is 52.3 Å². The molecule has 1 fully saturated rings. The second-order valence-corrected chi connectivity index (χ2v) is 5.32. The fraction of sp³-hybridized carbons (Fsp3) is 0.786. The molecule has 0 spiro atoms. The monoisotopic (exact) mass is 294 g/mol. The standard InChI is InChI=1S/C14H26N6O/c1-3-19(4-2)13-16-12(15)17-14(18-13)20(9-10-21)11-7-5-6-8-11/h11,21H,3-10H2,1-2H3,(H2,15,16,17,18). The lowest BCUT2D eigenvalue weighted by Crippen LogP contribution is -2.38. The first-order valence-corrected chi connectivity index (χ1v) is 7.83. The third-order valence-electron chi connectivity index (χ3n) is 4.04. The molecule has 0 unspecified atom stereocenters. The Morgan fingerprint density at radius 2 is 1.71 bits per heavy atom. The third kappa shape index (κ3) is 3.72. The third-order valence-corrected chi connectivity index (χ3v) is 4.04. The number of aliphatic hydroxyl groups is 1. The summed E-state index contributed by atoms with van der Waals surface area (Å²) in [5.74, 6) is 1.44. The van der Waals surface area contributed by atoms with Crippen molar-refractivity contribution in [2.45, 2.75) is 45.6 Å². The quantitative estimate of drug-likeness (QED) is 0.776. The van der Waals surface area contributed by atoms with Crippen molar-refractivity contribution < 1.29 is 5.11 Å². The summed E-state index contributed by atoms with van der Waals surface area (Å²) in [5, 5.41) is 9.34. The van der Waals surface area contributed by atoms with Crippen molar-refractivity contribution in [2.24, 2.45) is 0 Å². The largest absolute Gasteiger partial charge is 0.395 e. The summed E-state index contributed by atoms with van der Waals surface area (Å²) in [4.78, 5) is 17.2. The van der Waals surface area contributed by atoms with Gasteiger partial charge in [0.1, 0.15) is 0 Å². The lowest BCUT2D eigenvalue weighted by Gasteiger charge is -2.29. The van der Waals surface area contributed by atoms with Gasteiger partial charge in [-0.15, -0.1) is 0 Å². The maximum Gasteiger partial charge on any atom is 0.232 e. The molecule has 0 radical (unpaired) electrons. The van der Waals surface area contributed by atoms with Gasteiger partial charge in [-0.05, 0) is 26.7 Å². The molecule has 21 heavy (non-hydrogen) atoms. The molecule has 1 aliphatic carbocycles. The van der Waals surface area contributed by atoms with Crippen LogP contribution in [0.5, 0.6) is 0 Å². The van der Waals surface area contributed by atoms with E-state index in [0.29, 0.717) is 24.5 Å². The normalized spacial score (nSPS) is 15.4. The molecule has 0 aromatic carbocycles. The minimum Gasteiger partial charge on any atom is -0.395 e. The summed E-state index contributed by atoms with van der Waals surface area (Å²) in [7, 11) is 0. The van der Waals surface area contributed by atoms with E-state index in [0.717, 1.165) is 25.9 Å². The number of rotatable bonds is 7. The number of aliphatic hydroxyl groups excluding tert-OH is 1. The van der Waals surface area contributed by atoms with Crippen LogP contribution in [0.4, 0.5) is 17.8 Å². The van der Waals surface area contributed by atoms with E-state index in [2.05, 4.69) is 33.7 Å². The minimum atomic E-state index is 0.0860. The van der Waals surface area contributed by atoms with Crippen molar-refractivity contribution in [3.05, 3.63) is 0 Å². The molecule has 7 heteroatoms. The summed E-state index contributed by atoms with van der Waals surface area (Å²) >= 11 is 0. The highest BCUT2D eigenvalue weighted by Crippen LogP contribution is 2.27. The summed E-state index contributed by atoms with van der Waals surface area (Å²) in [6, 6.07) is 0.392. The first-order chi connectivity index (χ1) is 10.2. The van der Waals surface area contributed by atoms with E-state index in [1.165, 1.54) is 12.8 Å². The zero-order chi connectivity index (χ0) is 15.2. The van der Waals surface area contributed by atoms with Crippen molar-refractivity contribution in [2.75, 3.05) is 41.8 Å². The van der Waals surface area contributed by atoms with Gasteiger partial charge in [-0.25, -0.2) is 0 Å². The topological polar surface area (TPSA) is 91.4 Å². The summed E-state index contributed by atoms with van der Waals surface area (Å²) in [6.45, 7) is 6.39. The Morgan fingerprint density at radius 1 is 1.10 bits per heavy atom. The predicted molar refractivity (Wildman–Crippen MR) is 84.5 cm³/mol. The Morgan fingerprint density at radius 3 is 2.29 bits per heavy atom. The van der Waals surface area contributed by atoms with Crippen molar-refractivity contribution in [3.63, 3.8) is 0 Å². The van der Waals surface area contributed by atoms with Gasteiger partial charge < -0.3 is 20.6 Å². The lowest BCUT2D eigenvalue weighted by atomic mass is 10.2. The fourth-order valence-electron chi connectivity index (χ4n) is 2.92. The zero-order valence-corrected chi connectivity index (χ0v) is 13.0. The van der Waals surface area contributed by atoms with Gasteiger partial charge in [0.05, 0.1) is 6.61 Å². The molecule has 2 rings (SSSR count). The number of nitrogens with zero attached hydrogens (tertiary/aromatic N) is 5. The highest BCUT2D eigenvalue weighted by Gasteiger charge is 2.25. The van der Waals surface area contributed by atoms with Crippen LogP contribution in [0.3, 0.4) is 0 Å². The summed E-state index contributed by atoms with van der Waals surface area (Å²) in [5.41, 5.74) is 5.86. The number of nitrogen functional groups attached to an aromatic ring is 1. The van der Waals surface area contributed by atoms with Gasteiger partial charge in [0.2, 0.25) is 17.8 Å². The maximum absolute atomic E-state index is 9.34. The molecule has 1 aromatic rings. The Balaban J connectivity index is 2.30. The highest BCUT2D eigenvalue weighted by atomic mass is 16.3. The molecule has 118 valence electrons. The number of hydrogen-bond donors (Lipinski definition) is 2. The lowest BCUT2D eigenvalue weighted by molar-refractivity contribution is 0.296. The van der Waals surface area contributed by atoms with E-state index in [1.807, 2.05) is 4.90 Å². The van der Waals surface area contributed by atoms with Crippen LogP contribution in [0.25, 0.3) is 0 Å². The van der Waals surface area contributed by atoms with Crippen LogP contribution in [0.15, 0.2) is 0 Å². The van der Waals surface area contributed by atoms with Gasteiger partial charge >= 0.3 is 0 Å². The van der Waals surface area contributed by atoms with E-state index in [-0.39, 0.29) is 12.6 Å². The average molecular weight is 294 g/mol. The van der Waals surface area contributed by atoms with Gasteiger partial charge in [0.25, 0.3) is 0 Å². The average Bonchev–Trinajstić information content (AvgIpc) is 2.99. The molecule has 1 aliphatic rings. The van der Waals surface area contributed by atoms with Crippen LogP contribution in [0.2, 0.25) is 0 Å². The molecule has 0 atom stereocenters. The summed E-state index contributed by atoms with van der Waals surface area (Å²) in [6.07, 6.45) is 4.67. The molecule has 0 amide bonds. The first kappa shape index (κ1) is 15.8. The molecular weight excluding hydrogens is 268 g/mol.